The van der Waals surface area contributed by atoms with E-state index in [4.69, 9.17) is 4.74 Å². The third kappa shape index (κ3) is 6.06. The molecule has 0 fully saturated rings. The van der Waals surface area contributed by atoms with Gasteiger partial charge in [0.2, 0.25) is 11.4 Å². The van der Waals surface area contributed by atoms with Gasteiger partial charge in [0.15, 0.2) is 5.76 Å². The predicted molar refractivity (Wildman–Crippen MR) is 119 cm³/mol. The van der Waals surface area contributed by atoms with Crippen molar-refractivity contribution in [2.75, 3.05) is 6.61 Å². The van der Waals surface area contributed by atoms with Crippen LogP contribution in [-0.2, 0) is 9.53 Å². The maximum absolute atomic E-state index is 12.8. The lowest BCUT2D eigenvalue weighted by atomic mass is 9.74. The third-order valence-corrected chi connectivity index (χ3v) is 4.91. The van der Waals surface area contributed by atoms with Gasteiger partial charge in [0.25, 0.3) is 0 Å². The minimum atomic E-state index is -1.72. The number of carbonyl (C=O) groups excluding carboxylic acids is 1. The zero-order valence-corrected chi connectivity index (χ0v) is 18.4. The van der Waals surface area contributed by atoms with Crippen LogP contribution >= 0.6 is 0 Å². The number of carbonyl (C=O) groups is 1. The first-order chi connectivity index (χ1) is 13.8. The summed E-state index contributed by atoms with van der Waals surface area (Å²) in [7, 11) is 0. The third-order valence-electron chi connectivity index (χ3n) is 4.91. The molecule has 0 spiro atoms. The molecule has 29 heavy (non-hydrogen) atoms. The lowest BCUT2D eigenvalue weighted by molar-refractivity contribution is -0.131. The molecule has 0 saturated heterocycles. The highest BCUT2D eigenvalue weighted by Crippen LogP contribution is 2.42. The van der Waals surface area contributed by atoms with Crippen LogP contribution in [0.3, 0.4) is 0 Å². The second kappa shape index (κ2) is 10.4. The molecule has 0 aromatic heterocycles. The van der Waals surface area contributed by atoms with Crippen molar-refractivity contribution in [3.63, 3.8) is 0 Å². The molecule has 0 amide bonds. The summed E-state index contributed by atoms with van der Waals surface area (Å²) >= 11 is 0. The van der Waals surface area contributed by atoms with E-state index >= 15 is 0 Å². The number of aliphatic hydroxyl groups is 1. The molecule has 0 bridgehead atoms. The minimum absolute atomic E-state index is 0.292. The van der Waals surface area contributed by atoms with E-state index in [2.05, 4.69) is 32.6 Å². The van der Waals surface area contributed by atoms with Crippen molar-refractivity contribution in [2.24, 2.45) is 11.8 Å². The average Bonchev–Trinajstić information content (AvgIpc) is 2.68. The van der Waals surface area contributed by atoms with E-state index in [9.17, 15) is 9.90 Å². The van der Waals surface area contributed by atoms with Crippen LogP contribution in [0.25, 0.3) is 5.57 Å². The van der Waals surface area contributed by atoms with Crippen LogP contribution < -0.4 is 0 Å². The van der Waals surface area contributed by atoms with E-state index in [1.807, 2.05) is 50.3 Å². The van der Waals surface area contributed by atoms with Gasteiger partial charge in [-0.25, -0.2) is 0 Å². The van der Waals surface area contributed by atoms with Gasteiger partial charge in [0, 0.05) is 6.08 Å². The molecule has 0 radical (unpaired) electrons. The SMILES string of the molecule is CC(C)=CCC[C@@H](C)CC=C=CC1(O)C(=O)C(c2ccccc2)=C1OCC(C)C. The van der Waals surface area contributed by atoms with Crippen molar-refractivity contribution in [1.82, 2.24) is 0 Å². The van der Waals surface area contributed by atoms with Gasteiger partial charge in [-0.2, -0.15) is 0 Å². The van der Waals surface area contributed by atoms with Crippen molar-refractivity contribution in [3.05, 3.63) is 71.2 Å². The molecule has 1 aliphatic carbocycles. The van der Waals surface area contributed by atoms with E-state index in [0.717, 1.165) is 24.8 Å². The van der Waals surface area contributed by atoms with Crippen LogP contribution in [-0.4, -0.2) is 23.1 Å². The number of hydrogen-bond acceptors (Lipinski definition) is 3. The Morgan fingerprint density at radius 1 is 1.21 bits per heavy atom. The summed E-state index contributed by atoms with van der Waals surface area (Å²) in [6.07, 6.45) is 8.63. The van der Waals surface area contributed by atoms with Gasteiger partial charge < -0.3 is 9.84 Å². The molecular formula is C26H34O3. The van der Waals surface area contributed by atoms with Gasteiger partial charge >= 0.3 is 0 Å². The lowest BCUT2D eigenvalue weighted by Gasteiger charge is -2.37. The molecule has 2 rings (SSSR count). The van der Waals surface area contributed by atoms with Gasteiger partial charge in [-0.05, 0) is 56.6 Å². The van der Waals surface area contributed by atoms with E-state index in [-0.39, 0.29) is 5.78 Å². The average molecular weight is 395 g/mol. The summed E-state index contributed by atoms with van der Waals surface area (Å²) in [5, 5.41) is 11.0. The summed E-state index contributed by atoms with van der Waals surface area (Å²) in [5.41, 5.74) is 3.88. The minimum Gasteiger partial charge on any atom is -0.493 e. The Balaban J connectivity index is 2.15. The molecule has 0 aliphatic heterocycles. The van der Waals surface area contributed by atoms with E-state index in [0.29, 0.717) is 29.8 Å². The van der Waals surface area contributed by atoms with Gasteiger partial charge in [-0.3, -0.25) is 4.79 Å². The number of allylic oxidation sites excluding steroid dienone is 2. The van der Waals surface area contributed by atoms with Gasteiger partial charge in [0.1, 0.15) is 0 Å². The summed E-state index contributed by atoms with van der Waals surface area (Å²) in [4.78, 5) is 12.8. The molecular weight excluding hydrogens is 360 g/mol. The quantitative estimate of drug-likeness (QED) is 0.399. The Morgan fingerprint density at radius 2 is 1.90 bits per heavy atom. The van der Waals surface area contributed by atoms with Crippen LogP contribution in [0.5, 0.6) is 0 Å². The fourth-order valence-electron chi connectivity index (χ4n) is 3.18. The maximum atomic E-state index is 12.8. The lowest BCUT2D eigenvalue weighted by Crippen LogP contribution is -2.49. The first-order valence-corrected chi connectivity index (χ1v) is 10.5. The number of ketones is 1. The van der Waals surface area contributed by atoms with Gasteiger partial charge in [-0.15, -0.1) is 5.73 Å². The molecule has 156 valence electrons. The largest absolute Gasteiger partial charge is 0.493 e. The van der Waals surface area contributed by atoms with Crippen LogP contribution in [0.2, 0.25) is 0 Å². The summed E-state index contributed by atoms with van der Waals surface area (Å²) in [5.74, 6) is 0.811. The zero-order valence-electron chi connectivity index (χ0n) is 18.4. The Labute approximate surface area is 175 Å². The molecule has 1 aliphatic rings. The number of ether oxygens (including phenoxy) is 1. The molecule has 2 atom stereocenters. The molecule has 0 heterocycles. The normalized spacial score (nSPS) is 19.3. The first-order valence-electron chi connectivity index (χ1n) is 10.5. The topological polar surface area (TPSA) is 46.5 Å². The Kier molecular flexibility index (Phi) is 8.25. The first kappa shape index (κ1) is 22.9. The standard InChI is InChI=1S/C26H34O3/c1-19(2)12-11-14-21(5)13-9-10-17-26(28)24(27)23(22-15-7-6-8-16-22)25(26)29-18-20(3)4/h6-9,12,15-17,20-21,28H,11,13-14,18H2,1-5H3/t10?,21-,26?/m0/s1. The second-order valence-corrected chi connectivity index (χ2v) is 8.59. The number of Topliss-reactive ketones (excluding diaryl/α,β-unsaturated/α-hetero) is 1. The summed E-state index contributed by atoms with van der Waals surface area (Å²) < 4.78 is 5.86. The van der Waals surface area contributed by atoms with E-state index < -0.39 is 5.60 Å². The monoisotopic (exact) mass is 394 g/mol. The summed E-state index contributed by atoms with van der Waals surface area (Å²) in [6.45, 7) is 10.9. The fraction of sp³-hybridized carbons (Fsp3) is 0.462. The van der Waals surface area contributed by atoms with Crippen molar-refractivity contribution in [2.45, 2.75) is 59.5 Å². The fourth-order valence-corrected chi connectivity index (χ4v) is 3.18. The molecule has 3 nitrogen and oxygen atoms in total. The number of rotatable bonds is 10. The van der Waals surface area contributed by atoms with Crippen LogP contribution in [0.1, 0.15) is 59.4 Å². The Bertz CT molecular complexity index is 819. The van der Waals surface area contributed by atoms with Gasteiger partial charge in [-0.1, -0.05) is 62.8 Å². The zero-order chi connectivity index (χ0) is 21.4. The highest BCUT2D eigenvalue weighted by Gasteiger charge is 2.53. The van der Waals surface area contributed by atoms with E-state index in [1.54, 1.807) is 0 Å². The second-order valence-electron chi connectivity index (χ2n) is 8.59. The molecule has 1 unspecified atom stereocenters. The van der Waals surface area contributed by atoms with Gasteiger partial charge in [0.05, 0.1) is 12.2 Å². The van der Waals surface area contributed by atoms with Crippen molar-refractivity contribution in [1.29, 1.82) is 0 Å². The highest BCUT2D eigenvalue weighted by molar-refractivity contribution is 6.34. The van der Waals surface area contributed by atoms with Crippen LogP contribution in [0.4, 0.5) is 0 Å². The van der Waals surface area contributed by atoms with Crippen molar-refractivity contribution >= 4 is 11.4 Å². The molecule has 1 N–H and O–H groups in total. The van der Waals surface area contributed by atoms with Crippen LogP contribution in [0, 0.1) is 11.8 Å². The maximum Gasteiger partial charge on any atom is 0.212 e. The molecule has 3 heteroatoms. The predicted octanol–water partition coefficient (Wildman–Crippen LogP) is 5.87. The van der Waals surface area contributed by atoms with Crippen molar-refractivity contribution < 1.29 is 14.6 Å². The summed E-state index contributed by atoms with van der Waals surface area (Å²) in [6, 6.07) is 9.37. The van der Waals surface area contributed by atoms with Crippen LogP contribution in [0.15, 0.2) is 65.6 Å². The molecule has 0 saturated carbocycles. The smallest absolute Gasteiger partial charge is 0.212 e. The Morgan fingerprint density at radius 3 is 2.52 bits per heavy atom. The highest BCUT2D eigenvalue weighted by atomic mass is 16.5. The molecule has 1 aromatic carbocycles. The van der Waals surface area contributed by atoms with E-state index in [1.165, 1.54) is 11.6 Å². The Hall–Kier alpha value is -2.35. The molecule has 1 aromatic rings. The number of benzene rings is 1. The number of hydrogen-bond donors (Lipinski definition) is 1. The van der Waals surface area contributed by atoms with Crippen molar-refractivity contribution in [3.8, 4) is 0 Å².